The first-order valence-corrected chi connectivity index (χ1v) is 6.24. The SMILES string of the molecule is CCC(C)(C)C1CCC(CNC)CC1. The summed E-state index contributed by atoms with van der Waals surface area (Å²) in [5.41, 5.74) is 0.574. The van der Waals surface area contributed by atoms with Gasteiger partial charge in [0.25, 0.3) is 0 Å². The molecule has 0 saturated heterocycles. The summed E-state index contributed by atoms with van der Waals surface area (Å²) in [5, 5.41) is 3.30. The quantitative estimate of drug-likeness (QED) is 0.728. The van der Waals surface area contributed by atoms with E-state index in [-0.39, 0.29) is 0 Å². The summed E-state index contributed by atoms with van der Waals surface area (Å²) in [5.74, 6) is 1.92. The second-order valence-electron chi connectivity index (χ2n) is 5.62. The Morgan fingerprint density at radius 2 is 1.71 bits per heavy atom. The van der Waals surface area contributed by atoms with Crippen LogP contribution in [0.5, 0.6) is 0 Å². The van der Waals surface area contributed by atoms with E-state index in [0.717, 1.165) is 11.8 Å². The predicted molar refractivity (Wildman–Crippen MR) is 63.4 cm³/mol. The zero-order valence-corrected chi connectivity index (χ0v) is 10.4. The third-order valence-corrected chi connectivity index (χ3v) is 4.36. The van der Waals surface area contributed by atoms with E-state index in [1.54, 1.807) is 0 Å². The fraction of sp³-hybridized carbons (Fsp3) is 1.00. The van der Waals surface area contributed by atoms with Crippen molar-refractivity contribution >= 4 is 0 Å². The largest absolute Gasteiger partial charge is 0.319 e. The molecule has 84 valence electrons. The highest BCUT2D eigenvalue weighted by atomic mass is 14.8. The van der Waals surface area contributed by atoms with E-state index in [1.165, 1.54) is 38.6 Å². The fourth-order valence-electron chi connectivity index (χ4n) is 2.73. The first-order valence-electron chi connectivity index (χ1n) is 6.24. The second-order valence-corrected chi connectivity index (χ2v) is 5.62. The van der Waals surface area contributed by atoms with Crippen molar-refractivity contribution in [2.45, 2.75) is 52.9 Å². The lowest BCUT2D eigenvalue weighted by Gasteiger charge is -2.38. The van der Waals surface area contributed by atoms with Gasteiger partial charge < -0.3 is 5.32 Å². The van der Waals surface area contributed by atoms with Gasteiger partial charge in [-0.3, -0.25) is 0 Å². The lowest BCUT2D eigenvalue weighted by molar-refractivity contribution is 0.128. The van der Waals surface area contributed by atoms with Gasteiger partial charge in [0.1, 0.15) is 0 Å². The third-order valence-electron chi connectivity index (χ3n) is 4.36. The van der Waals surface area contributed by atoms with Crippen LogP contribution in [-0.2, 0) is 0 Å². The molecule has 0 amide bonds. The normalized spacial score (nSPS) is 29.1. The molecular formula is C13H27N. The standard InChI is InChI=1S/C13H27N/c1-5-13(2,3)12-8-6-11(7-9-12)10-14-4/h11-12,14H,5-10H2,1-4H3. The van der Waals surface area contributed by atoms with Crippen molar-refractivity contribution in [3.05, 3.63) is 0 Å². The summed E-state index contributed by atoms with van der Waals surface area (Å²) in [6, 6.07) is 0. The van der Waals surface area contributed by atoms with E-state index >= 15 is 0 Å². The van der Waals surface area contributed by atoms with Crippen LogP contribution in [0.25, 0.3) is 0 Å². The number of hydrogen-bond donors (Lipinski definition) is 1. The van der Waals surface area contributed by atoms with Gasteiger partial charge in [0.15, 0.2) is 0 Å². The van der Waals surface area contributed by atoms with Crippen molar-refractivity contribution in [1.29, 1.82) is 0 Å². The van der Waals surface area contributed by atoms with Crippen LogP contribution >= 0.6 is 0 Å². The highest BCUT2D eigenvalue weighted by Crippen LogP contribution is 2.41. The topological polar surface area (TPSA) is 12.0 Å². The molecular weight excluding hydrogens is 170 g/mol. The molecule has 1 aliphatic rings. The van der Waals surface area contributed by atoms with Crippen LogP contribution in [0.4, 0.5) is 0 Å². The van der Waals surface area contributed by atoms with Gasteiger partial charge in [-0.2, -0.15) is 0 Å². The van der Waals surface area contributed by atoms with Gasteiger partial charge in [-0.15, -0.1) is 0 Å². The molecule has 1 heteroatoms. The Kier molecular flexibility index (Phi) is 4.43. The minimum absolute atomic E-state index is 0.574. The van der Waals surface area contributed by atoms with Crippen LogP contribution in [0, 0.1) is 17.3 Å². The summed E-state index contributed by atoms with van der Waals surface area (Å²) in [6.45, 7) is 8.44. The Hall–Kier alpha value is -0.0400. The molecule has 0 spiro atoms. The van der Waals surface area contributed by atoms with Crippen molar-refractivity contribution < 1.29 is 0 Å². The van der Waals surface area contributed by atoms with E-state index in [2.05, 4.69) is 33.1 Å². The van der Waals surface area contributed by atoms with Crippen molar-refractivity contribution in [1.82, 2.24) is 5.32 Å². The number of hydrogen-bond acceptors (Lipinski definition) is 1. The molecule has 0 heterocycles. The summed E-state index contributed by atoms with van der Waals surface area (Å²) < 4.78 is 0. The molecule has 1 rings (SSSR count). The summed E-state index contributed by atoms with van der Waals surface area (Å²) in [6.07, 6.45) is 7.11. The Balaban J connectivity index is 2.35. The van der Waals surface area contributed by atoms with E-state index in [9.17, 15) is 0 Å². The summed E-state index contributed by atoms with van der Waals surface area (Å²) in [7, 11) is 2.07. The highest BCUT2D eigenvalue weighted by molar-refractivity contribution is 4.82. The van der Waals surface area contributed by atoms with Crippen LogP contribution in [0.15, 0.2) is 0 Å². The zero-order valence-electron chi connectivity index (χ0n) is 10.4. The fourth-order valence-corrected chi connectivity index (χ4v) is 2.73. The Labute approximate surface area is 89.7 Å². The van der Waals surface area contributed by atoms with Crippen LogP contribution in [-0.4, -0.2) is 13.6 Å². The molecule has 0 radical (unpaired) electrons. The summed E-state index contributed by atoms with van der Waals surface area (Å²) in [4.78, 5) is 0. The van der Waals surface area contributed by atoms with Gasteiger partial charge in [-0.1, -0.05) is 27.2 Å². The van der Waals surface area contributed by atoms with Gasteiger partial charge in [-0.25, -0.2) is 0 Å². The van der Waals surface area contributed by atoms with Crippen LogP contribution in [0.3, 0.4) is 0 Å². The second kappa shape index (κ2) is 5.16. The molecule has 1 aliphatic carbocycles. The molecule has 0 aromatic carbocycles. The van der Waals surface area contributed by atoms with E-state index in [4.69, 9.17) is 0 Å². The predicted octanol–water partition coefficient (Wildman–Crippen LogP) is 3.45. The molecule has 0 atom stereocenters. The molecule has 0 aliphatic heterocycles. The zero-order chi connectivity index (χ0) is 10.6. The number of nitrogens with one attached hydrogen (secondary N) is 1. The Bertz CT molecular complexity index is 155. The maximum Gasteiger partial charge on any atom is -0.00235 e. The van der Waals surface area contributed by atoms with Gasteiger partial charge in [-0.05, 0) is 56.5 Å². The minimum atomic E-state index is 0.574. The average molecular weight is 197 g/mol. The van der Waals surface area contributed by atoms with Gasteiger partial charge in [0.05, 0.1) is 0 Å². The molecule has 1 saturated carbocycles. The smallest absolute Gasteiger partial charge is 0.00235 e. The van der Waals surface area contributed by atoms with Crippen LogP contribution in [0.2, 0.25) is 0 Å². The molecule has 0 bridgehead atoms. The average Bonchev–Trinajstić information content (AvgIpc) is 2.19. The molecule has 1 nitrogen and oxygen atoms in total. The molecule has 0 aromatic rings. The molecule has 1 fully saturated rings. The van der Waals surface area contributed by atoms with E-state index in [0.29, 0.717) is 5.41 Å². The minimum Gasteiger partial charge on any atom is -0.319 e. The lowest BCUT2D eigenvalue weighted by atomic mass is 9.67. The lowest BCUT2D eigenvalue weighted by Crippen LogP contribution is -2.30. The first-order chi connectivity index (χ1) is 6.60. The van der Waals surface area contributed by atoms with Crippen molar-refractivity contribution in [3.63, 3.8) is 0 Å². The van der Waals surface area contributed by atoms with Crippen molar-refractivity contribution in [2.24, 2.45) is 17.3 Å². The Morgan fingerprint density at radius 3 is 2.14 bits per heavy atom. The summed E-state index contributed by atoms with van der Waals surface area (Å²) >= 11 is 0. The monoisotopic (exact) mass is 197 g/mol. The Morgan fingerprint density at radius 1 is 1.14 bits per heavy atom. The number of rotatable bonds is 4. The van der Waals surface area contributed by atoms with E-state index < -0.39 is 0 Å². The maximum atomic E-state index is 3.30. The maximum absolute atomic E-state index is 3.30. The van der Waals surface area contributed by atoms with E-state index in [1.807, 2.05) is 0 Å². The third kappa shape index (κ3) is 2.98. The van der Waals surface area contributed by atoms with Gasteiger partial charge in [0, 0.05) is 0 Å². The highest BCUT2D eigenvalue weighted by Gasteiger charge is 2.31. The van der Waals surface area contributed by atoms with Gasteiger partial charge in [0.2, 0.25) is 0 Å². The molecule has 0 aromatic heterocycles. The van der Waals surface area contributed by atoms with Gasteiger partial charge >= 0.3 is 0 Å². The van der Waals surface area contributed by atoms with Crippen LogP contribution < -0.4 is 5.32 Å². The van der Waals surface area contributed by atoms with Crippen molar-refractivity contribution in [3.8, 4) is 0 Å². The molecule has 0 unspecified atom stereocenters. The van der Waals surface area contributed by atoms with Crippen LogP contribution in [0.1, 0.15) is 52.9 Å². The molecule has 14 heavy (non-hydrogen) atoms. The van der Waals surface area contributed by atoms with Crippen molar-refractivity contribution in [2.75, 3.05) is 13.6 Å². The first kappa shape index (κ1) is 12.0. The molecule has 1 N–H and O–H groups in total.